The molecule has 3 heteroatoms. The highest BCUT2D eigenvalue weighted by molar-refractivity contribution is 5.87. The molecule has 1 heterocycles. The number of carbonyl (C=O) groups excluding carboxylic acids is 1. The Morgan fingerprint density at radius 1 is 1.80 bits per heavy atom. The molecule has 0 aromatic rings. The Labute approximate surface area is 60.7 Å². The molecule has 1 atom stereocenters. The van der Waals surface area contributed by atoms with Gasteiger partial charge in [-0.3, -0.25) is 4.79 Å². The zero-order valence-corrected chi connectivity index (χ0v) is 6.59. The number of carbonyl (C=O) groups is 1. The third-order valence-electron chi connectivity index (χ3n) is 1.61. The first-order valence-corrected chi connectivity index (χ1v) is 3.45. The second-order valence-corrected chi connectivity index (χ2v) is 2.75. The lowest BCUT2D eigenvalue weighted by Gasteiger charge is -2.14. The van der Waals surface area contributed by atoms with E-state index in [0.29, 0.717) is 0 Å². The van der Waals surface area contributed by atoms with Gasteiger partial charge in [-0.25, -0.2) is 5.01 Å². The summed E-state index contributed by atoms with van der Waals surface area (Å²) in [6.45, 7) is 5.49. The van der Waals surface area contributed by atoms with Crippen molar-refractivity contribution < 1.29 is 4.79 Å². The molecule has 1 aliphatic heterocycles. The molecule has 0 radical (unpaired) electrons. The van der Waals surface area contributed by atoms with E-state index in [9.17, 15) is 4.79 Å². The largest absolute Gasteiger partial charge is 0.273 e. The summed E-state index contributed by atoms with van der Waals surface area (Å²) in [6.07, 6.45) is 0.916. The van der Waals surface area contributed by atoms with Crippen LogP contribution in [-0.2, 0) is 4.79 Å². The highest BCUT2D eigenvalue weighted by Gasteiger charge is 2.22. The second-order valence-electron chi connectivity index (χ2n) is 2.75. The number of amides is 1. The van der Waals surface area contributed by atoms with Crippen LogP contribution in [0.3, 0.4) is 0 Å². The van der Waals surface area contributed by atoms with Crippen molar-refractivity contribution in [3.8, 4) is 0 Å². The van der Waals surface area contributed by atoms with Crippen molar-refractivity contribution in [2.75, 3.05) is 0 Å². The maximum atomic E-state index is 10.8. The van der Waals surface area contributed by atoms with Crippen LogP contribution in [0, 0.1) is 0 Å². The Hall–Kier alpha value is -0.860. The van der Waals surface area contributed by atoms with E-state index < -0.39 is 0 Å². The SMILES string of the molecule is CC(=O)N1N=C(C)C[C@H]1C. The van der Waals surface area contributed by atoms with Gasteiger partial charge in [0.2, 0.25) is 5.91 Å². The van der Waals surface area contributed by atoms with Crippen LogP contribution in [0.2, 0.25) is 0 Å². The van der Waals surface area contributed by atoms with Gasteiger partial charge in [0.15, 0.2) is 0 Å². The fraction of sp³-hybridized carbons (Fsp3) is 0.714. The first kappa shape index (κ1) is 7.25. The molecule has 0 N–H and O–H groups in total. The predicted molar refractivity (Wildman–Crippen MR) is 39.7 cm³/mol. The van der Waals surface area contributed by atoms with E-state index >= 15 is 0 Å². The Bertz CT molecular complexity index is 186. The van der Waals surface area contributed by atoms with E-state index in [1.807, 2.05) is 13.8 Å². The van der Waals surface area contributed by atoms with Gasteiger partial charge < -0.3 is 0 Å². The summed E-state index contributed by atoms with van der Waals surface area (Å²) < 4.78 is 0. The van der Waals surface area contributed by atoms with Crippen molar-refractivity contribution in [2.45, 2.75) is 33.2 Å². The van der Waals surface area contributed by atoms with Gasteiger partial charge in [-0.05, 0) is 13.8 Å². The van der Waals surface area contributed by atoms with E-state index in [1.165, 1.54) is 5.01 Å². The molecule has 1 amide bonds. The van der Waals surface area contributed by atoms with Gasteiger partial charge in [0.05, 0.1) is 6.04 Å². The lowest BCUT2D eigenvalue weighted by atomic mass is 10.2. The lowest BCUT2D eigenvalue weighted by molar-refractivity contribution is -0.130. The highest BCUT2D eigenvalue weighted by atomic mass is 16.2. The predicted octanol–water partition coefficient (Wildman–Crippen LogP) is 1.00. The summed E-state index contributed by atoms with van der Waals surface area (Å²) in [4.78, 5) is 10.8. The molecule has 0 unspecified atom stereocenters. The van der Waals surface area contributed by atoms with E-state index in [0.717, 1.165) is 12.1 Å². The summed E-state index contributed by atoms with van der Waals surface area (Å²) in [5.41, 5.74) is 1.04. The zero-order valence-electron chi connectivity index (χ0n) is 6.59. The molecule has 1 rings (SSSR count). The molecule has 0 fully saturated rings. The van der Waals surface area contributed by atoms with Crippen LogP contribution >= 0.6 is 0 Å². The lowest BCUT2D eigenvalue weighted by Crippen LogP contribution is -2.27. The van der Waals surface area contributed by atoms with Gasteiger partial charge in [0.1, 0.15) is 0 Å². The molecule has 0 spiro atoms. The smallest absolute Gasteiger partial charge is 0.239 e. The van der Waals surface area contributed by atoms with Crippen LogP contribution in [0.15, 0.2) is 5.10 Å². The summed E-state index contributed by atoms with van der Waals surface area (Å²) in [7, 11) is 0. The van der Waals surface area contributed by atoms with E-state index in [2.05, 4.69) is 5.10 Å². The van der Waals surface area contributed by atoms with Crippen LogP contribution < -0.4 is 0 Å². The molecule has 3 nitrogen and oxygen atoms in total. The van der Waals surface area contributed by atoms with Crippen LogP contribution in [0.5, 0.6) is 0 Å². The van der Waals surface area contributed by atoms with E-state index in [-0.39, 0.29) is 11.9 Å². The van der Waals surface area contributed by atoms with Crippen LogP contribution in [-0.4, -0.2) is 22.7 Å². The summed E-state index contributed by atoms with van der Waals surface area (Å²) in [5.74, 6) is 0.0318. The Balaban J connectivity index is 2.69. The van der Waals surface area contributed by atoms with Gasteiger partial charge in [0.25, 0.3) is 0 Å². The van der Waals surface area contributed by atoms with Gasteiger partial charge in [-0.15, -0.1) is 0 Å². The Kier molecular flexibility index (Phi) is 1.74. The van der Waals surface area contributed by atoms with Gasteiger partial charge >= 0.3 is 0 Å². The fourth-order valence-corrected chi connectivity index (χ4v) is 1.22. The van der Waals surface area contributed by atoms with Crippen LogP contribution in [0.25, 0.3) is 0 Å². The minimum absolute atomic E-state index is 0.0318. The summed E-state index contributed by atoms with van der Waals surface area (Å²) >= 11 is 0. The topological polar surface area (TPSA) is 32.7 Å². The fourth-order valence-electron chi connectivity index (χ4n) is 1.22. The second kappa shape index (κ2) is 2.40. The van der Waals surface area contributed by atoms with Crippen LogP contribution in [0.4, 0.5) is 0 Å². The van der Waals surface area contributed by atoms with Crippen molar-refractivity contribution in [3.05, 3.63) is 0 Å². The van der Waals surface area contributed by atoms with Crippen molar-refractivity contribution in [1.82, 2.24) is 5.01 Å². The van der Waals surface area contributed by atoms with E-state index in [4.69, 9.17) is 0 Å². The van der Waals surface area contributed by atoms with Gasteiger partial charge in [-0.2, -0.15) is 5.10 Å². The van der Waals surface area contributed by atoms with Crippen LogP contribution in [0.1, 0.15) is 27.2 Å². The van der Waals surface area contributed by atoms with Gasteiger partial charge in [-0.1, -0.05) is 0 Å². The van der Waals surface area contributed by atoms with E-state index in [1.54, 1.807) is 6.92 Å². The molecule has 0 saturated heterocycles. The number of hydrogen-bond donors (Lipinski definition) is 0. The highest BCUT2D eigenvalue weighted by Crippen LogP contribution is 2.13. The molecule has 0 aliphatic carbocycles. The minimum atomic E-state index is 0.0318. The molecule has 56 valence electrons. The molecule has 1 aliphatic rings. The number of hydrogen-bond acceptors (Lipinski definition) is 2. The third kappa shape index (κ3) is 1.17. The quantitative estimate of drug-likeness (QED) is 0.494. The molecular formula is C7H12N2O. The maximum Gasteiger partial charge on any atom is 0.239 e. The first-order chi connectivity index (χ1) is 4.61. The minimum Gasteiger partial charge on any atom is -0.273 e. The van der Waals surface area contributed by atoms with Crippen molar-refractivity contribution in [2.24, 2.45) is 5.10 Å². The maximum absolute atomic E-state index is 10.8. The number of rotatable bonds is 0. The molecule has 10 heavy (non-hydrogen) atoms. The molecular weight excluding hydrogens is 128 g/mol. The summed E-state index contributed by atoms with van der Waals surface area (Å²) in [5, 5.41) is 5.61. The van der Waals surface area contributed by atoms with Gasteiger partial charge in [0, 0.05) is 19.1 Å². The molecule has 0 saturated carbocycles. The van der Waals surface area contributed by atoms with Crippen molar-refractivity contribution in [3.63, 3.8) is 0 Å². The zero-order chi connectivity index (χ0) is 7.72. The summed E-state index contributed by atoms with van der Waals surface area (Å²) in [6, 6.07) is 0.262. The average molecular weight is 140 g/mol. The average Bonchev–Trinajstić information content (AvgIpc) is 2.10. The Morgan fingerprint density at radius 3 is 2.60 bits per heavy atom. The molecule has 0 bridgehead atoms. The van der Waals surface area contributed by atoms with Crippen molar-refractivity contribution >= 4 is 11.6 Å². The Morgan fingerprint density at radius 2 is 2.40 bits per heavy atom. The van der Waals surface area contributed by atoms with Crippen molar-refractivity contribution in [1.29, 1.82) is 0 Å². The molecule has 0 aromatic carbocycles. The monoisotopic (exact) mass is 140 g/mol. The number of hydrazone groups is 1. The first-order valence-electron chi connectivity index (χ1n) is 3.45. The molecule has 0 aromatic heterocycles. The standard InChI is InChI=1S/C7H12N2O/c1-5-4-6(2)9(8-5)7(3)10/h6H,4H2,1-3H3/t6-/m1/s1. The number of nitrogens with zero attached hydrogens (tertiary/aromatic N) is 2. The third-order valence-corrected chi connectivity index (χ3v) is 1.61. The normalized spacial score (nSPS) is 24.9.